The number of hydrogen-bond donors (Lipinski definition) is 1. The number of nitrogens with one attached hydrogen (secondary N) is 1. The van der Waals surface area contributed by atoms with Crippen LogP contribution in [0.2, 0.25) is 0 Å². The molecule has 1 heterocycles. The summed E-state index contributed by atoms with van der Waals surface area (Å²) in [5.74, 6) is -1.55. The van der Waals surface area contributed by atoms with Crippen molar-refractivity contribution in [1.29, 1.82) is 0 Å². The van der Waals surface area contributed by atoms with Crippen molar-refractivity contribution in [3.05, 3.63) is 90.0 Å². The summed E-state index contributed by atoms with van der Waals surface area (Å²) in [5, 5.41) is 2.92. The Morgan fingerprint density at radius 1 is 0.972 bits per heavy atom. The Morgan fingerprint density at radius 3 is 2.31 bits per heavy atom. The molecule has 0 saturated heterocycles. The van der Waals surface area contributed by atoms with Crippen LogP contribution in [0, 0.1) is 0 Å². The van der Waals surface area contributed by atoms with Crippen LogP contribution in [0.5, 0.6) is 0 Å². The second-order valence-corrected chi connectivity index (χ2v) is 10.3. The summed E-state index contributed by atoms with van der Waals surface area (Å²) < 4.78 is 31.3. The molecular weight excluding hydrogens is 478 g/mol. The van der Waals surface area contributed by atoms with Crippen molar-refractivity contribution >= 4 is 44.7 Å². The molecule has 3 aromatic carbocycles. The highest BCUT2D eigenvalue weighted by Gasteiger charge is 2.35. The van der Waals surface area contributed by atoms with E-state index in [-0.39, 0.29) is 18.3 Å². The third kappa shape index (κ3) is 5.31. The van der Waals surface area contributed by atoms with Gasteiger partial charge in [-0.1, -0.05) is 48.5 Å². The van der Waals surface area contributed by atoms with Crippen LogP contribution < -0.4 is 9.62 Å². The van der Waals surface area contributed by atoms with Gasteiger partial charge in [0.25, 0.3) is 0 Å². The number of rotatable bonds is 9. The SMILES string of the molecule is CCOC(=O)CN(c1ccc(N=C(c2ccccc2)C2C(=O)Nc3ccccc32)cc1)S(=O)(=O)CC. The predicted octanol–water partition coefficient (Wildman–Crippen LogP) is 4.26. The zero-order valence-electron chi connectivity index (χ0n) is 20.0. The van der Waals surface area contributed by atoms with Gasteiger partial charge in [-0.15, -0.1) is 0 Å². The van der Waals surface area contributed by atoms with Crippen LogP contribution in [0.25, 0.3) is 0 Å². The number of nitrogens with zero attached hydrogens (tertiary/aromatic N) is 2. The molecule has 0 spiro atoms. The zero-order valence-corrected chi connectivity index (χ0v) is 20.9. The molecule has 8 nitrogen and oxygen atoms in total. The molecule has 0 fully saturated rings. The first-order valence-corrected chi connectivity index (χ1v) is 13.2. The number of ether oxygens (including phenoxy) is 1. The average Bonchev–Trinajstić information content (AvgIpc) is 3.22. The Morgan fingerprint density at radius 2 is 1.64 bits per heavy atom. The van der Waals surface area contributed by atoms with E-state index >= 15 is 0 Å². The molecule has 1 aliphatic heterocycles. The maximum Gasteiger partial charge on any atom is 0.326 e. The van der Waals surface area contributed by atoms with Gasteiger partial charge in [0.2, 0.25) is 15.9 Å². The number of esters is 1. The first-order valence-electron chi connectivity index (χ1n) is 11.6. The van der Waals surface area contributed by atoms with Crippen molar-refractivity contribution in [2.75, 3.05) is 28.5 Å². The van der Waals surface area contributed by atoms with E-state index in [4.69, 9.17) is 9.73 Å². The van der Waals surface area contributed by atoms with Gasteiger partial charge in [-0.3, -0.25) is 18.9 Å². The highest BCUT2D eigenvalue weighted by molar-refractivity contribution is 7.92. The fraction of sp³-hybridized carbons (Fsp3) is 0.222. The molecule has 0 aromatic heterocycles. The highest BCUT2D eigenvalue weighted by Crippen LogP contribution is 2.36. The van der Waals surface area contributed by atoms with Gasteiger partial charge in [0.1, 0.15) is 12.5 Å². The summed E-state index contributed by atoms with van der Waals surface area (Å²) in [6.07, 6.45) is 0. The number of benzene rings is 3. The molecule has 1 atom stereocenters. The van der Waals surface area contributed by atoms with Crippen LogP contribution in [-0.4, -0.2) is 44.9 Å². The number of hydrogen-bond acceptors (Lipinski definition) is 6. The number of sulfonamides is 1. The van der Waals surface area contributed by atoms with Crippen LogP contribution in [-0.2, 0) is 24.3 Å². The molecule has 4 rings (SSSR count). The van der Waals surface area contributed by atoms with E-state index in [9.17, 15) is 18.0 Å². The Kier molecular flexibility index (Phi) is 7.49. The molecular formula is C27H27N3O5S. The minimum Gasteiger partial charge on any atom is -0.465 e. The summed E-state index contributed by atoms with van der Waals surface area (Å²) in [6.45, 7) is 2.92. The standard InChI is InChI=1S/C27H27N3O5S/c1-3-35-24(31)18-30(36(33,34)4-2)21-16-14-20(15-17-21)28-26(19-10-6-5-7-11-19)25-22-12-8-9-13-23(22)29-27(25)32/h5-17,25H,3-4,18H2,1-2H3,(H,29,32). The van der Waals surface area contributed by atoms with Gasteiger partial charge in [0.05, 0.1) is 29.4 Å². The summed E-state index contributed by atoms with van der Waals surface area (Å²) >= 11 is 0. The Hall–Kier alpha value is -3.98. The number of para-hydroxylation sites is 1. The van der Waals surface area contributed by atoms with Crippen LogP contribution >= 0.6 is 0 Å². The average molecular weight is 506 g/mol. The molecule has 9 heteroatoms. The Labute approximate surface area is 210 Å². The minimum atomic E-state index is -3.72. The second kappa shape index (κ2) is 10.7. The maximum absolute atomic E-state index is 13.0. The molecule has 3 aromatic rings. The van der Waals surface area contributed by atoms with E-state index < -0.39 is 28.5 Å². The highest BCUT2D eigenvalue weighted by atomic mass is 32.2. The molecule has 1 aliphatic rings. The summed E-state index contributed by atoms with van der Waals surface area (Å²) in [5.41, 5.74) is 3.85. The third-order valence-corrected chi connectivity index (χ3v) is 7.54. The lowest BCUT2D eigenvalue weighted by Gasteiger charge is -2.23. The lowest BCUT2D eigenvalue weighted by Crippen LogP contribution is -2.37. The van der Waals surface area contributed by atoms with Gasteiger partial charge in [-0.2, -0.15) is 0 Å². The molecule has 0 saturated carbocycles. The third-order valence-electron chi connectivity index (χ3n) is 5.80. The minimum absolute atomic E-state index is 0.159. The molecule has 1 unspecified atom stereocenters. The fourth-order valence-electron chi connectivity index (χ4n) is 4.05. The number of fused-ring (bicyclic) bond motifs is 1. The normalized spacial score (nSPS) is 15.2. The van der Waals surface area contributed by atoms with Crippen molar-refractivity contribution in [1.82, 2.24) is 0 Å². The van der Waals surface area contributed by atoms with Crippen LogP contribution in [0.15, 0.2) is 83.9 Å². The van der Waals surface area contributed by atoms with Crippen LogP contribution in [0.1, 0.15) is 30.9 Å². The molecule has 0 aliphatic carbocycles. The second-order valence-electron chi connectivity index (χ2n) is 8.10. The topological polar surface area (TPSA) is 105 Å². The summed E-state index contributed by atoms with van der Waals surface area (Å²) in [6, 6.07) is 23.5. The van der Waals surface area contributed by atoms with Gasteiger partial charge in [-0.05, 0) is 55.3 Å². The van der Waals surface area contributed by atoms with Gasteiger partial charge >= 0.3 is 5.97 Å². The first kappa shape index (κ1) is 25.1. The van der Waals surface area contributed by atoms with Gasteiger partial charge in [0.15, 0.2) is 0 Å². The molecule has 1 amide bonds. The van der Waals surface area contributed by atoms with E-state index in [1.54, 1.807) is 31.2 Å². The van der Waals surface area contributed by atoms with Gasteiger partial charge < -0.3 is 10.1 Å². The number of amides is 1. The van der Waals surface area contributed by atoms with E-state index in [1.165, 1.54) is 6.92 Å². The first-order chi connectivity index (χ1) is 17.3. The number of carbonyl (C=O) groups is 2. The van der Waals surface area contributed by atoms with Crippen LogP contribution in [0.4, 0.5) is 17.1 Å². The monoisotopic (exact) mass is 505 g/mol. The maximum atomic E-state index is 13.0. The lowest BCUT2D eigenvalue weighted by atomic mass is 9.90. The smallest absolute Gasteiger partial charge is 0.326 e. The zero-order chi connectivity index (χ0) is 25.7. The molecule has 1 N–H and O–H groups in total. The number of aliphatic imine (C=N–C) groups is 1. The number of carbonyl (C=O) groups excluding carboxylic acids is 2. The van der Waals surface area contributed by atoms with Crippen LogP contribution in [0.3, 0.4) is 0 Å². The summed E-state index contributed by atoms with van der Waals surface area (Å²) in [4.78, 5) is 29.8. The van der Waals surface area contributed by atoms with E-state index in [0.717, 1.165) is 21.1 Å². The van der Waals surface area contributed by atoms with Crippen molar-refractivity contribution in [3.8, 4) is 0 Å². The molecule has 36 heavy (non-hydrogen) atoms. The molecule has 0 bridgehead atoms. The summed E-state index contributed by atoms with van der Waals surface area (Å²) in [7, 11) is -3.72. The fourth-order valence-corrected chi connectivity index (χ4v) is 5.10. The van der Waals surface area contributed by atoms with Gasteiger partial charge in [-0.25, -0.2) is 8.42 Å². The van der Waals surface area contributed by atoms with Crippen molar-refractivity contribution in [2.45, 2.75) is 19.8 Å². The predicted molar refractivity (Wildman–Crippen MR) is 140 cm³/mol. The van der Waals surface area contributed by atoms with Crippen molar-refractivity contribution in [2.24, 2.45) is 4.99 Å². The number of anilines is 2. The molecule has 0 radical (unpaired) electrons. The van der Waals surface area contributed by atoms with Crippen molar-refractivity contribution < 1.29 is 22.7 Å². The van der Waals surface area contributed by atoms with Gasteiger partial charge in [0, 0.05) is 5.69 Å². The van der Waals surface area contributed by atoms with E-state index in [0.29, 0.717) is 17.1 Å². The van der Waals surface area contributed by atoms with E-state index in [2.05, 4.69) is 5.32 Å². The van der Waals surface area contributed by atoms with E-state index in [1.807, 2.05) is 54.6 Å². The van der Waals surface area contributed by atoms with Crippen molar-refractivity contribution in [3.63, 3.8) is 0 Å². The largest absolute Gasteiger partial charge is 0.465 e. The Balaban J connectivity index is 1.73. The quantitative estimate of drug-likeness (QED) is 0.346. The Bertz CT molecular complexity index is 1390. The lowest BCUT2D eigenvalue weighted by molar-refractivity contribution is -0.141. The molecule has 186 valence electrons.